The summed E-state index contributed by atoms with van der Waals surface area (Å²) in [6, 6.07) is 5.77. The summed E-state index contributed by atoms with van der Waals surface area (Å²) in [7, 11) is 0. The van der Waals surface area contributed by atoms with E-state index in [-0.39, 0.29) is 28.7 Å². The SMILES string of the molecule is C/C=C/C1CCC(CCc2ccc(-c3ccc(C4CCC(CCC)OC4)c(F)c3F)c(F)c2F)CC1. The number of benzene rings is 2. The lowest BCUT2D eigenvalue weighted by Gasteiger charge is -2.29. The van der Waals surface area contributed by atoms with E-state index in [0.717, 1.165) is 57.8 Å². The summed E-state index contributed by atoms with van der Waals surface area (Å²) in [5, 5.41) is 0. The van der Waals surface area contributed by atoms with E-state index in [9.17, 15) is 4.39 Å². The number of hydrogen-bond acceptors (Lipinski definition) is 1. The molecule has 36 heavy (non-hydrogen) atoms. The normalized spacial score (nSPS) is 24.9. The lowest BCUT2D eigenvalue weighted by molar-refractivity contribution is -0.00181. The summed E-state index contributed by atoms with van der Waals surface area (Å²) in [6.45, 7) is 4.47. The van der Waals surface area contributed by atoms with Crippen molar-refractivity contribution in [2.75, 3.05) is 6.61 Å². The minimum absolute atomic E-state index is 0.169. The Hall–Kier alpha value is -2.14. The van der Waals surface area contributed by atoms with Gasteiger partial charge in [-0.15, -0.1) is 0 Å². The molecule has 0 aromatic heterocycles. The maximum absolute atomic E-state index is 15.1. The summed E-state index contributed by atoms with van der Waals surface area (Å²) in [5.74, 6) is -3.29. The molecule has 0 spiro atoms. The van der Waals surface area contributed by atoms with Crippen molar-refractivity contribution < 1.29 is 22.3 Å². The summed E-state index contributed by atoms with van der Waals surface area (Å²) in [5.41, 5.74) is 0.0502. The molecular formula is C31H38F4O. The molecule has 1 heterocycles. The van der Waals surface area contributed by atoms with Crippen LogP contribution < -0.4 is 0 Å². The van der Waals surface area contributed by atoms with E-state index in [1.165, 1.54) is 24.3 Å². The van der Waals surface area contributed by atoms with Gasteiger partial charge in [-0.3, -0.25) is 0 Å². The van der Waals surface area contributed by atoms with Gasteiger partial charge >= 0.3 is 0 Å². The molecule has 1 saturated heterocycles. The van der Waals surface area contributed by atoms with Crippen molar-refractivity contribution in [3.05, 3.63) is 70.8 Å². The zero-order valence-corrected chi connectivity index (χ0v) is 21.5. The molecule has 2 aromatic rings. The highest BCUT2D eigenvalue weighted by atomic mass is 19.2. The van der Waals surface area contributed by atoms with Crippen LogP contribution in [0.3, 0.4) is 0 Å². The van der Waals surface area contributed by atoms with Gasteiger partial charge in [-0.1, -0.05) is 49.8 Å². The van der Waals surface area contributed by atoms with Crippen LogP contribution in [0.4, 0.5) is 17.6 Å². The molecule has 1 nitrogen and oxygen atoms in total. The predicted molar refractivity (Wildman–Crippen MR) is 137 cm³/mol. The second-order valence-corrected chi connectivity index (χ2v) is 10.6. The van der Waals surface area contributed by atoms with Crippen molar-refractivity contribution in [3.63, 3.8) is 0 Å². The van der Waals surface area contributed by atoms with E-state index in [1.54, 1.807) is 0 Å². The largest absolute Gasteiger partial charge is 0.378 e. The summed E-state index contributed by atoms with van der Waals surface area (Å²) in [4.78, 5) is 0. The lowest BCUT2D eigenvalue weighted by Crippen LogP contribution is -2.25. The van der Waals surface area contributed by atoms with E-state index >= 15 is 13.2 Å². The fourth-order valence-corrected chi connectivity index (χ4v) is 5.98. The summed E-state index contributed by atoms with van der Waals surface area (Å²) < 4.78 is 65.9. The Bertz CT molecular complexity index is 1050. The maximum atomic E-state index is 15.1. The average molecular weight is 503 g/mol. The molecule has 2 aliphatic rings. The van der Waals surface area contributed by atoms with E-state index in [0.29, 0.717) is 30.4 Å². The zero-order chi connectivity index (χ0) is 25.7. The van der Waals surface area contributed by atoms with Gasteiger partial charge in [-0.2, -0.15) is 0 Å². The number of rotatable bonds is 8. The monoisotopic (exact) mass is 502 g/mol. The second-order valence-electron chi connectivity index (χ2n) is 10.6. The first-order chi connectivity index (χ1) is 17.4. The average Bonchev–Trinajstić information content (AvgIpc) is 2.89. The Balaban J connectivity index is 1.44. The number of ether oxygens (including phenoxy) is 1. The Kier molecular flexibility index (Phi) is 9.27. The molecule has 2 unspecified atom stereocenters. The van der Waals surface area contributed by atoms with Crippen LogP contribution in [0.1, 0.15) is 88.7 Å². The number of hydrogen-bond donors (Lipinski definition) is 0. The zero-order valence-electron chi connectivity index (χ0n) is 21.5. The van der Waals surface area contributed by atoms with Gasteiger partial charge < -0.3 is 4.74 Å². The number of allylic oxidation sites excluding steroid dienone is 2. The molecular weight excluding hydrogens is 464 g/mol. The maximum Gasteiger partial charge on any atom is 0.167 e. The molecule has 1 saturated carbocycles. The highest BCUT2D eigenvalue weighted by Crippen LogP contribution is 2.37. The van der Waals surface area contributed by atoms with Crippen LogP contribution in [0.15, 0.2) is 36.4 Å². The quantitative estimate of drug-likeness (QED) is 0.258. The smallest absolute Gasteiger partial charge is 0.167 e. The third kappa shape index (κ3) is 6.04. The number of aryl methyl sites for hydroxylation is 1. The molecule has 0 bridgehead atoms. The molecule has 1 aliphatic carbocycles. The van der Waals surface area contributed by atoms with Gasteiger partial charge in [0.25, 0.3) is 0 Å². The van der Waals surface area contributed by atoms with Crippen molar-refractivity contribution in [1.29, 1.82) is 0 Å². The molecule has 0 amide bonds. The first-order valence-corrected chi connectivity index (χ1v) is 13.6. The predicted octanol–water partition coefficient (Wildman–Crippen LogP) is 9.29. The molecule has 196 valence electrons. The van der Waals surface area contributed by atoms with Crippen LogP contribution in [-0.4, -0.2) is 12.7 Å². The fraction of sp³-hybridized carbons (Fsp3) is 0.548. The van der Waals surface area contributed by atoms with Crippen LogP contribution in [0.2, 0.25) is 0 Å². The minimum Gasteiger partial charge on any atom is -0.378 e. The summed E-state index contributed by atoms with van der Waals surface area (Å²) in [6.07, 6.45) is 13.7. The fourth-order valence-electron chi connectivity index (χ4n) is 5.98. The van der Waals surface area contributed by atoms with Crippen molar-refractivity contribution in [2.45, 2.75) is 90.1 Å². The first kappa shape index (κ1) is 26.9. The van der Waals surface area contributed by atoms with E-state index in [4.69, 9.17) is 4.74 Å². The highest BCUT2D eigenvalue weighted by molar-refractivity contribution is 5.66. The molecule has 1 aliphatic heterocycles. The molecule has 4 rings (SSSR count). The van der Waals surface area contributed by atoms with Gasteiger partial charge in [0.15, 0.2) is 23.3 Å². The van der Waals surface area contributed by atoms with Crippen molar-refractivity contribution >= 4 is 0 Å². The lowest BCUT2D eigenvalue weighted by atomic mass is 9.79. The van der Waals surface area contributed by atoms with Crippen LogP contribution in [0.25, 0.3) is 11.1 Å². The second kappa shape index (κ2) is 12.4. The molecule has 2 atom stereocenters. The van der Waals surface area contributed by atoms with Crippen molar-refractivity contribution in [3.8, 4) is 11.1 Å². The molecule has 0 N–H and O–H groups in total. The van der Waals surface area contributed by atoms with Gasteiger partial charge in [0.2, 0.25) is 0 Å². The van der Waals surface area contributed by atoms with Gasteiger partial charge in [0.05, 0.1) is 12.7 Å². The third-order valence-corrected chi connectivity index (χ3v) is 8.16. The van der Waals surface area contributed by atoms with Gasteiger partial charge in [0.1, 0.15) is 0 Å². The molecule has 2 fully saturated rings. The van der Waals surface area contributed by atoms with Crippen LogP contribution in [-0.2, 0) is 11.2 Å². The standard InChI is InChI=1S/C31H38F4O/c1-3-5-20-7-9-21(10-8-20)11-12-22-14-16-26(30(34)28(22)32)27-18-17-25(29(33)31(27)35)23-13-15-24(6-4-2)36-19-23/h3,5,14,16-18,20-21,23-24H,4,6-13,15,19H2,1-2H3/b5-3+. The molecule has 2 aromatic carbocycles. The number of halogens is 4. The topological polar surface area (TPSA) is 9.23 Å². The van der Waals surface area contributed by atoms with E-state index in [1.807, 2.05) is 6.92 Å². The minimum atomic E-state index is -1.13. The van der Waals surface area contributed by atoms with Crippen LogP contribution >= 0.6 is 0 Å². The Labute approximate surface area is 212 Å². The van der Waals surface area contributed by atoms with Gasteiger partial charge in [-0.25, -0.2) is 17.6 Å². The van der Waals surface area contributed by atoms with Gasteiger partial charge in [0, 0.05) is 17.0 Å². The summed E-state index contributed by atoms with van der Waals surface area (Å²) >= 11 is 0. The van der Waals surface area contributed by atoms with Crippen LogP contribution in [0.5, 0.6) is 0 Å². The molecule has 0 radical (unpaired) electrons. The first-order valence-electron chi connectivity index (χ1n) is 13.6. The molecule has 5 heteroatoms. The Morgan fingerprint density at radius 1 is 0.806 bits per heavy atom. The van der Waals surface area contributed by atoms with E-state index in [2.05, 4.69) is 19.1 Å². The van der Waals surface area contributed by atoms with Crippen LogP contribution in [0, 0.1) is 35.1 Å². The highest BCUT2D eigenvalue weighted by Gasteiger charge is 2.28. The Morgan fingerprint density at radius 3 is 2.14 bits per heavy atom. The van der Waals surface area contributed by atoms with Crippen molar-refractivity contribution in [2.24, 2.45) is 11.8 Å². The van der Waals surface area contributed by atoms with Crippen molar-refractivity contribution in [1.82, 2.24) is 0 Å². The third-order valence-electron chi connectivity index (χ3n) is 8.16. The van der Waals surface area contributed by atoms with E-state index < -0.39 is 23.3 Å². The van der Waals surface area contributed by atoms with Gasteiger partial charge in [-0.05, 0) is 87.7 Å². The Morgan fingerprint density at radius 2 is 1.50 bits per heavy atom.